The molecule has 7 heteroatoms. The van der Waals surface area contributed by atoms with Crippen molar-refractivity contribution in [1.82, 2.24) is 10.1 Å². The van der Waals surface area contributed by atoms with Gasteiger partial charge < -0.3 is 14.5 Å². The number of hydrogen-bond donors (Lipinski definition) is 1. The summed E-state index contributed by atoms with van der Waals surface area (Å²) in [5.41, 5.74) is 0.0323. The zero-order chi connectivity index (χ0) is 14.5. The van der Waals surface area contributed by atoms with E-state index in [2.05, 4.69) is 11.1 Å². The van der Waals surface area contributed by atoms with E-state index in [0.717, 1.165) is 9.78 Å². The summed E-state index contributed by atoms with van der Waals surface area (Å²) in [6.45, 7) is -0.587. The zero-order valence-electron chi connectivity index (χ0n) is 10.3. The van der Waals surface area contributed by atoms with Crippen LogP contribution < -0.4 is 0 Å². The maximum atomic E-state index is 12.1. The van der Waals surface area contributed by atoms with Gasteiger partial charge in [0.25, 0.3) is 5.91 Å². The Hall–Kier alpha value is -2.59. The van der Waals surface area contributed by atoms with Crippen LogP contribution in [0.5, 0.6) is 0 Å². The summed E-state index contributed by atoms with van der Waals surface area (Å²) in [6.07, 6.45) is 5.12. The number of terminal acetylenes is 1. The molecule has 20 heavy (non-hydrogen) atoms. The van der Waals surface area contributed by atoms with Crippen molar-refractivity contribution in [2.45, 2.75) is 0 Å². The van der Waals surface area contributed by atoms with Gasteiger partial charge in [0, 0.05) is 6.07 Å². The largest absolute Gasteiger partial charge is 0.480 e. The van der Waals surface area contributed by atoms with Gasteiger partial charge in [-0.05, 0) is 11.4 Å². The molecule has 0 radical (unpaired) electrons. The highest BCUT2D eigenvalue weighted by atomic mass is 32.1. The van der Waals surface area contributed by atoms with Gasteiger partial charge in [0.05, 0.1) is 11.4 Å². The van der Waals surface area contributed by atoms with Gasteiger partial charge in [0.15, 0.2) is 11.5 Å². The van der Waals surface area contributed by atoms with Crippen molar-refractivity contribution in [2.24, 2.45) is 0 Å². The quantitative estimate of drug-likeness (QED) is 0.845. The molecule has 2 heterocycles. The van der Waals surface area contributed by atoms with E-state index >= 15 is 0 Å². The molecule has 0 aliphatic heterocycles. The highest BCUT2D eigenvalue weighted by molar-refractivity contribution is 7.13. The van der Waals surface area contributed by atoms with E-state index in [-0.39, 0.29) is 12.2 Å². The number of hydrogen-bond acceptors (Lipinski definition) is 5. The number of rotatable bonds is 5. The van der Waals surface area contributed by atoms with Crippen molar-refractivity contribution < 1.29 is 19.2 Å². The molecule has 0 fully saturated rings. The first-order valence-electron chi connectivity index (χ1n) is 5.57. The number of amides is 1. The molecule has 0 atom stereocenters. The summed E-state index contributed by atoms with van der Waals surface area (Å²) in [7, 11) is 0. The third-order valence-corrected chi connectivity index (χ3v) is 3.27. The predicted molar refractivity (Wildman–Crippen MR) is 72.2 cm³/mol. The van der Waals surface area contributed by atoms with Crippen LogP contribution in [0, 0.1) is 12.3 Å². The van der Waals surface area contributed by atoms with E-state index in [1.54, 1.807) is 0 Å². The molecule has 0 bridgehead atoms. The third-order valence-electron chi connectivity index (χ3n) is 2.39. The lowest BCUT2D eigenvalue weighted by molar-refractivity contribution is -0.137. The van der Waals surface area contributed by atoms with Crippen LogP contribution in [-0.2, 0) is 4.79 Å². The molecule has 0 unspecified atom stereocenters. The van der Waals surface area contributed by atoms with Crippen LogP contribution in [0.3, 0.4) is 0 Å². The molecule has 2 aromatic heterocycles. The number of aromatic nitrogens is 1. The number of carboxylic acid groups (broad SMARTS) is 1. The van der Waals surface area contributed by atoms with Gasteiger partial charge in [-0.25, -0.2) is 0 Å². The number of nitrogens with zero attached hydrogens (tertiary/aromatic N) is 2. The Bertz CT molecular complexity index is 654. The SMILES string of the molecule is C#CCN(CC(=O)O)C(=O)c1cc(-c2cccs2)on1. The zero-order valence-corrected chi connectivity index (χ0v) is 11.1. The lowest BCUT2D eigenvalue weighted by Gasteiger charge is -2.15. The van der Waals surface area contributed by atoms with Gasteiger partial charge in [-0.1, -0.05) is 17.1 Å². The minimum atomic E-state index is -1.14. The molecule has 2 rings (SSSR count). The van der Waals surface area contributed by atoms with Crippen LogP contribution in [-0.4, -0.2) is 40.1 Å². The summed E-state index contributed by atoms with van der Waals surface area (Å²) in [5.74, 6) is 0.986. The average molecular weight is 290 g/mol. The molecule has 0 saturated carbocycles. The minimum absolute atomic E-state index is 0.0323. The second-order valence-corrected chi connectivity index (χ2v) is 4.76. The van der Waals surface area contributed by atoms with Gasteiger partial charge in [0.1, 0.15) is 6.54 Å². The fourth-order valence-electron chi connectivity index (χ4n) is 1.55. The number of aliphatic carboxylic acids is 1. The lowest BCUT2D eigenvalue weighted by atomic mass is 10.3. The molecule has 0 aromatic carbocycles. The highest BCUT2D eigenvalue weighted by Crippen LogP contribution is 2.25. The minimum Gasteiger partial charge on any atom is -0.480 e. The first-order valence-corrected chi connectivity index (χ1v) is 6.45. The summed E-state index contributed by atoms with van der Waals surface area (Å²) < 4.78 is 5.08. The second-order valence-electron chi connectivity index (χ2n) is 3.81. The summed E-state index contributed by atoms with van der Waals surface area (Å²) in [6, 6.07) is 5.15. The standard InChI is InChI=1S/C13H10N2O4S/c1-2-5-15(8-12(16)17)13(18)9-7-10(19-14-9)11-4-3-6-20-11/h1,3-4,6-7H,5,8H2,(H,16,17). The normalized spacial score (nSPS) is 9.95. The Morgan fingerprint density at radius 3 is 2.95 bits per heavy atom. The molecule has 1 amide bonds. The summed E-state index contributed by atoms with van der Waals surface area (Å²) >= 11 is 1.45. The maximum absolute atomic E-state index is 12.1. The first kappa shape index (κ1) is 13.8. The molecule has 0 saturated heterocycles. The molecule has 1 N–H and O–H groups in total. The van der Waals surface area contributed by atoms with Gasteiger partial charge >= 0.3 is 5.97 Å². The van der Waals surface area contributed by atoms with Crippen LogP contribution in [0.1, 0.15) is 10.5 Å². The van der Waals surface area contributed by atoms with E-state index < -0.39 is 18.4 Å². The van der Waals surface area contributed by atoms with E-state index in [4.69, 9.17) is 16.1 Å². The van der Waals surface area contributed by atoms with Crippen LogP contribution >= 0.6 is 11.3 Å². The highest BCUT2D eigenvalue weighted by Gasteiger charge is 2.21. The van der Waals surface area contributed by atoms with Crippen LogP contribution in [0.25, 0.3) is 10.6 Å². The Labute approximate surface area is 118 Å². The molecular formula is C13H10N2O4S. The van der Waals surface area contributed by atoms with Crippen LogP contribution in [0.15, 0.2) is 28.1 Å². The number of thiophene rings is 1. The molecular weight excluding hydrogens is 280 g/mol. The van der Waals surface area contributed by atoms with Crippen LogP contribution in [0.2, 0.25) is 0 Å². The van der Waals surface area contributed by atoms with Crippen LogP contribution in [0.4, 0.5) is 0 Å². The molecule has 0 aliphatic carbocycles. The van der Waals surface area contributed by atoms with Crippen molar-refractivity contribution in [2.75, 3.05) is 13.1 Å². The van der Waals surface area contributed by atoms with E-state index in [0.29, 0.717) is 5.76 Å². The molecule has 6 nitrogen and oxygen atoms in total. The third kappa shape index (κ3) is 3.05. The van der Waals surface area contributed by atoms with Gasteiger partial charge in [-0.15, -0.1) is 17.8 Å². The molecule has 0 aliphatic rings. The first-order chi connectivity index (χ1) is 9.61. The number of carbonyl (C=O) groups is 2. The smallest absolute Gasteiger partial charge is 0.323 e. The van der Waals surface area contributed by atoms with Crippen molar-refractivity contribution >= 4 is 23.2 Å². The Balaban J connectivity index is 2.19. The van der Waals surface area contributed by atoms with Gasteiger partial charge in [-0.3, -0.25) is 9.59 Å². The van der Waals surface area contributed by atoms with Gasteiger partial charge in [-0.2, -0.15) is 0 Å². The Morgan fingerprint density at radius 2 is 2.35 bits per heavy atom. The van der Waals surface area contributed by atoms with Gasteiger partial charge in [0.2, 0.25) is 0 Å². The van der Waals surface area contributed by atoms with Crippen molar-refractivity contribution in [1.29, 1.82) is 0 Å². The summed E-state index contributed by atoms with van der Waals surface area (Å²) in [4.78, 5) is 24.7. The lowest BCUT2D eigenvalue weighted by Crippen LogP contribution is -2.36. The monoisotopic (exact) mass is 290 g/mol. The molecule has 102 valence electrons. The predicted octanol–water partition coefficient (Wildman–Crippen LogP) is 1.56. The number of carboxylic acids is 1. The van der Waals surface area contributed by atoms with E-state index in [1.807, 2.05) is 17.5 Å². The van der Waals surface area contributed by atoms with Crippen molar-refractivity contribution in [3.05, 3.63) is 29.3 Å². The molecule has 2 aromatic rings. The van der Waals surface area contributed by atoms with Crippen molar-refractivity contribution in [3.8, 4) is 23.0 Å². The second kappa shape index (κ2) is 6.04. The Morgan fingerprint density at radius 1 is 1.55 bits per heavy atom. The fraction of sp³-hybridized carbons (Fsp3) is 0.154. The Kier molecular flexibility index (Phi) is 4.17. The fourth-order valence-corrected chi connectivity index (χ4v) is 2.22. The van der Waals surface area contributed by atoms with E-state index in [9.17, 15) is 9.59 Å². The topological polar surface area (TPSA) is 83.6 Å². The summed E-state index contributed by atoms with van der Waals surface area (Å²) in [5, 5.41) is 14.3. The molecule has 0 spiro atoms. The average Bonchev–Trinajstić information content (AvgIpc) is 3.07. The maximum Gasteiger partial charge on any atom is 0.323 e. The van der Waals surface area contributed by atoms with E-state index in [1.165, 1.54) is 17.4 Å². The number of carbonyl (C=O) groups excluding carboxylic acids is 1. The van der Waals surface area contributed by atoms with Crippen molar-refractivity contribution in [3.63, 3.8) is 0 Å².